The molecule has 1 saturated heterocycles. The van der Waals surface area contributed by atoms with Crippen molar-refractivity contribution < 1.29 is 9.21 Å². The molecule has 1 unspecified atom stereocenters. The predicted octanol–water partition coefficient (Wildman–Crippen LogP) is -1.37. The number of amides is 1. The maximum atomic E-state index is 11.0. The molecule has 0 aromatic carbocycles. The number of aromatic nitrogens is 2. The highest BCUT2D eigenvalue weighted by Crippen LogP contribution is 2.24. The topological polar surface area (TPSA) is 111 Å². The summed E-state index contributed by atoms with van der Waals surface area (Å²) < 4.78 is 5.32. The molecule has 1 aromatic rings. The highest BCUT2D eigenvalue weighted by Gasteiger charge is 2.35. The molecule has 1 aliphatic heterocycles. The maximum absolute atomic E-state index is 11.0. The smallest absolute Gasteiger partial charge is 0.318 e. The van der Waals surface area contributed by atoms with Crippen LogP contribution in [0.25, 0.3) is 0 Å². The van der Waals surface area contributed by atoms with Gasteiger partial charge < -0.3 is 20.8 Å². The van der Waals surface area contributed by atoms with Gasteiger partial charge in [0.05, 0.1) is 0 Å². The van der Waals surface area contributed by atoms with Crippen molar-refractivity contribution in [1.29, 1.82) is 0 Å². The molecular formula is C8H13N5O2. The van der Waals surface area contributed by atoms with E-state index < -0.39 is 0 Å². The summed E-state index contributed by atoms with van der Waals surface area (Å²) in [6.45, 7) is 1.18. The molecule has 1 amide bonds. The number of carbonyl (C=O) groups excluding carboxylic acids is 1. The van der Waals surface area contributed by atoms with Crippen LogP contribution in [-0.4, -0.2) is 35.2 Å². The lowest BCUT2D eigenvalue weighted by atomic mass is 10.0. The average molecular weight is 211 g/mol. The second-order valence-electron chi connectivity index (χ2n) is 3.42. The van der Waals surface area contributed by atoms with Crippen molar-refractivity contribution in [3.63, 3.8) is 0 Å². The zero-order valence-electron chi connectivity index (χ0n) is 8.22. The molecule has 7 heteroatoms. The fraction of sp³-hybridized carbons (Fsp3) is 0.625. The Morgan fingerprint density at radius 3 is 2.93 bits per heavy atom. The van der Waals surface area contributed by atoms with E-state index in [1.54, 1.807) is 4.90 Å². The van der Waals surface area contributed by atoms with E-state index in [2.05, 4.69) is 10.2 Å². The molecule has 0 saturated carbocycles. The Bertz CT molecular complexity index is 364. The first-order chi connectivity index (χ1) is 7.22. The fourth-order valence-electron chi connectivity index (χ4n) is 1.50. The summed E-state index contributed by atoms with van der Waals surface area (Å²) in [5.74, 6) is 0.127. The van der Waals surface area contributed by atoms with Crippen LogP contribution in [0.1, 0.15) is 12.3 Å². The normalized spacial score (nSPS) is 20.1. The maximum Gasteiger partial charge on any atom is 0.318 e. The third kappa shape index (κ3) is 1.78. The van der Waals surface area contributed by atoms with Crippen molar-refractivity contribution in [3.8, 4) is 0 Å². The molecule has 1 aromatic heterocycles. The Kier molecular flexibility index (Phi) is 2.55. The van der Waals surface area contributed by atoms with Crippen molar-refractivity contribution in [2.75, 3.05) is 18.0 Å². The van der Waals surface area contributed by atoms with Gasteiger partial charge in [-0.3, -0.25) is 4.79 Å². The number of nitrogens with two attached hydrogens (primary N) is 2. The number of anilines is 1. The molecule has 2 heterocycles. The van der Waals surface area contributed by atoms with Gasteiger partial charge in [0.1, 0.15) is 6.04 Å². The Labute approximate surface area is 86.4 Å². The van der Waals surface area contributed by atoms with Crippen LogP contribution in [0, 0.1) is 0 Å². The molecule has 1 aliphatic rings. The number of carbonyl (C=O) groups is 1. The van der Waals surface area contributed by atoms with E-state index >= 15 is 0 Å². The van der Waals surface area contributed by atoms with E-state index in [0.717, 1.165) is 13.0 Å². The van der Waals surface area contributed by atoms with Crippen molar-refractivity contribution in [3.05, 3.63) is 5.89 Å². The average Bonchev–Trinajstić information content (AvgIpc) is 2.50. The summed E-state index contributed by atoms with van der Waals surface area (Å²) in [6, 6.07) is 0.0460. The molecule has 4 N–H and O–H groups in total. The highest BCUT2D eigenvalue weighted by molar-refractivity contribution is 5.84. The first-order valence-electron chi connectivity index (χ1n) is 4.81. The Balaban J connectivity index is 2.06. The number of hydrogen-bond donors (Lipinski definition) is 2. The second-order valence-corrected chi connectivity index (χ2v) is 3.42. The molecule has 15 heavy (non-hydrogen) atoms. The van der Waals surface area contributed by atoms with Crippen molar-refractivity contribution in [1.82, 2.24) is 10.2 Å². The van der Waals surface area contributed by atoms with Crippen molar-refractivity contribution >= 4 is 11.9 Å². The van der Waals surface area contributed by atoms with E-state index in [1.807, 2.05) is 0 Å². The van der Waals surface area contributed by atoms with Gasteiger partial charge in [-0.25, -0.2) is 0 Å². The van der Waals surface area contributed by atoms with Crippen LogP contribution in [0.3, 0.4) is 0 Å². The van der Waals surface area contributed by atoms with Gasteiger partial charge >= 0.3 is 6.01 Å². The van der Waals surface area contributed by atoms with Gasteiger partial charge in [0.25, 0.3) is 0 Å². The zero-order chi connectivity index (χ0) is 10.8. The minimum atomic E-state index is -0.361. The summed E-state index contributed by atoms with van der Waals surface area (Å²) >= 11 is 0. The standard InChI is InChI=1S/C8H13N5O2/c9-3-1-6-11-12-8(15-6)13-4-2-5(13)7(10)14/h5H,1-4,9H2,(H2,10,14). The molecule has 2 rings (SSSR count). The van der Waals surface area contributed by atoms with E-state index in [-0.39, 0.29) is 11.9 Å². The Morgan fingerprint density at radius 2 is 2.40 bits per heavy atom. The zero-order valence-corrected chi connectivity index (χ0v) is 8.22. The first kappa shape index (κ1) is 9.91. The molecule has 0 bridgehead atoms. The van der Waals surface area contributed by atoms with Gasteiger partial charge in [-0.15, -0.1) is 5.10 Å². The molecule has 1 atom stereocenters. The summed E-state index contributed by atoms with van der Waals surface area (Å²) in [7, 11) is 0. The van der Waals surface area contributed by atoms with Gasteiger partial charge in [-0.05, 0) is 6.42 Å². The lowest BCUT2D eigenvalue weighted by Crippen LogP contribution is -2.55. The second kappa shape index (κ2) is 3.85. The van der Waals surface area contributed by atoms with E-state index in [1.165, 1.54) is 0 Å². The van der Waals surface area contributed by atoms with E-state index in [9.17, 15) is 4.79 Å². The van der Waals surface area contributed by atoms with Crippen molar-refractivity contribution in [2.45, 2.75) is 18.9 Å². The summed E-state index contributed by atoms with van der Waals surface area (Å²) in [4.78, 5) is 12.7. The Morgan fingerprint density at radius 1 is 1.60 bits per heavy atom. The lowest BCUT2D eigenvalue weighted by Gasteiger charge is -2.36. The molecule has 82 valence electrons. The van der Waals surface area contributed by atoms with Crippen LogP contribution in [0.15, 0.2) is 4.42 Å². The molecule has 0 aliphatic carbocycles. The quantitative estimate of drug-likeness (QED) is 0.636. The highest BCUT2D eigenvalue weighted by atomic mass is 16.4. The number of rotatable bonds is 4. The fourth-order valence-corrected chi connectivity index (χ4v) is 1.50. The van der Waals surface area contributed by atoms with Crippen molar-refractivity contribution in [2.24, 2.45) is 11.5 Å². The minimum Gasteiger partial charge on any atom is -0.408 e. The van der Waals surface area contributed by atoms with Crippen LogP contribution >= 0.6 is 0 Å². The van der Waals surface area contributed by atoms with Crippen LogP contribution in [0.2, 0.25) is 0 Å². The first-order valence-corrected chi connectivity index (χ1v) is 4.81. The lowest BCUT2D eigenvalue weighted by molar-refractivity contribution is -0.120. The van der Waals surface area contributed by atoms with Crippen LogP contribution in [0.5, 0.6) is 0 Å². The molecular weight excluding hydrogens is 198 g/mol. The molecule has 1 fully saturated rings. The predicted molar refractivity (Wildman–Crippen MR) is 52.0 cm³/mol. The van der Waals surface area contributed by atoms with Crippen LogP contribution in [-0.2, 0) is 11.2 Å². The van der Waals surface area contributed by atoms with Crippen LogP contribution in [0.4, 0.5) is 6.01 Å². The molecule has 0 spiro atoms. The Hall–Kier alpha value is -1.63. The third-order valence-electron chi connectivity index (χ3n) is 2.41. The molecule has 7 nitrogen and oxygen atoms in total. The largest absolute Gasteiger partial charge is 0.408 e. The number of hydrogen-bond acceptors (Lipinski definition) is 6. The number of primary amides is 1. The van der Waals surface area contributed by atoms with E-state index in [0.29, 0.717) is 24.9 Å². The molecule has 0 radical (unpaired) electrons. The van der Waals surface area contributed by atoms with Gasteiger partial charge in [0.2, 0.25) is 11.8 Å². The minimum absolute atomic E-state index is 0.309. The SMILES string of the molecule is NCCc1nnc(N2CCC2C(N)=O)o1. The van der Waals surface area contributed by atoms with Gasteiger partial charge in [-0.2, -0.15) is 0 Å². The summed E-state index contributed by atoms with van der Waals surface area (Å²) in [6.07, 6.45) is 1.28. The van der Waals surface area contributed by atoms with Gasteiger partial charge in [0.15, 0.2) is 0 Å². The summed E-state index contributed by atoms with van der Waals surface area (Å²) in [5.41, 5.74) is 10.6. The van der Waals surface area contributed by atoms with Gasteiger partial charge in [-0.1, -0.05) is 5.10 Å². The summed E-state index contributed by atoms with van der Waals surface area (Å²) in [5, 5.41) is 7.65. The van der Waals surface area contributed by atoms with E-state index in [4.69, 9.17) is 15.9 Å². The third-order valence-corrected chi connectivity index (χ3v) is 2.41. The van der Waals surface area contributed by atoms with Gasteiger partial charge in [0, 0.05) is 19.5 Å². The monoisotopic (exact) mass is 211 g/mol. The number of nitrogens with zero attached hydrogens (tertiary/aromatic N) is 3. The van der Waals surface area contributed by atoms with Crippen LogP contribution < -0.4 is 16.4 Å².